The number of hydrogen-bond acceptors (Lipinski definition) is 5. The molecule has 0 saturated heterocycles. The topological polar surface area (TPSA) is 83.3 Å². The van der Waals surface area contributed by atoms with Crippen molar-refractivity contribution in [1.29, 1.82) is 0 Å². The zero-order chi connectivity index (χ0) is 17.8. The van der Waals surface area contributed by atoms with Crippen LogP contribution in [-0.2, 0) is 6.42 Å². The van der Waals surface area contributed by atoms with E-state index in [9.17, 15) is 9.90 Å². The first kappa shape index (κ1) is 16.8. The highest BCUT2D eigenvalue weighted by atomic mass is 32.1. The number of H-pyrrole nitrogens is 1. The predicted octanol–water partition coefficient (Wildman–Crippen LogP) is 3.31. The van der Waals surface area contributed by atoms with Crippen molar-refractivity contribution < 1.29 is 5.11 Å². The van der Waals surface area contributed by atoms with E-state index in [-0.39, 0.29) is 16.2 Å². The standard InChI is InChI=1S/C18H16N4O2S/c1-2-12-5-7-14(8-6-12)22-17(24)15(16(23)21-18(22)25)11-20-13-4-3-9-19-10-13/h3-11,24H,2H2,1H3,(H,21,23,25). The molecule has 6 nitrogen and oxygen atoms in total. The lowest BCUT2D eigenvalue weighted by molar-refractivity contribution is 0.432. The van der Waals surface area contributed by atoms with E-state index in [1.807, 2.05) is 24.3 Å². The SMILES string of the molecule is CCc1ccc(-n2c(O)c(C=Nc3cccnc3)c(=O)[nH]c2=S)cc1. The number of aryl methyl sites for hydroxylation is 1. The summed E-state index contributed by atoms with van der Waals surface area (Å²) in [5, 5.41) is 10.6. The normalized spacial score (nSPS) is 11.1. The zero-order valence-corrected chi connectivity index (χ0v) is 14.3. The van der Waals surface area contributed by atoms with Crippen LogP contribution in [0.1, 0.15) is 18.1 Å². The lowest BCUT2D eigenvalue weighted by atomic mass is 10.1. The quantitative estimate of drug-likeness (QED) is 0.557. The van der Waals surface area contributed by atoms with Crippen molar-refractivity contribution in [3.05, 3.63) is 75.0 Å². The minimum absolute atomic E-state index is 0.0250. The van der Waals surface area contributed by atoms with Crippen molar-refractivity contribution in [2.45, 2.75) is 13.3 Å². The highest BCUT2D eigenvalue weighted by Gasteiger charge is 2.12. The molecule has 0 amide bonds. The molecule has 2 aromatic heterocycles. The molecule has 3 rings (SSSR count). The minimum Gasteiger partial charge on any atom is -0.494 e. The Labute approximate surface area is 149 Å². The monoisotopic (exact) mass is 352 g/mol. The predicted molar refractivity (Wildman–Crippen MR) is 99.8 cm³/mol. The molecule has 0 spiro atoms. The average Bonchev–Trinajstić information content (AvgIpc) is 2.62. The molecule has 126 valence electrons. The molecule has 0 atom stereocenters. The van der Waals surface area contributed by atoms with Crippen molar-refractivity contribution in [2.75, 3.05) is 0 Å². The molecule has 0 unspecified atom stereocenters. The van der Waals surface area contributed by atoms with Gasteiger partial charge in [0.15, 0.2) is 4.77 Å². The summed E-state index contributed by atoms with van der Waals surface area (Å²) in [5.41, 5.74) is 1.92. The van der Waals surface area contributed by atoms with Crippen LogP contribution in [0.2, 0.25) is 0 Å². The summed E-state index contributed by atoms with van der Waals surface area (Å²) >= 11 is 5.20. The van der Waals surface area contributed by atoms with Gasteiger partial charge in [0, 0.05) is 12.4 Å². The molecule has 0 fully saturated rings. The van der Waals surface area contributed by atoms with Crippen LogP contribution >= 0.6 is 12.2 Å². The molecule has 3 aromatic rings. The fourth-order valence-electron chi connectivity index (χ4n) is 2.34. The average molecular weight is 352 g/mol. The molecule has 0 aliphatic rings. The summed E-state index contributed by atoms with van der Waals surface area (Å²) in [6, 6.07) is 11.1. The summed E-state index contributed by atoms with van der Waals surface area (Å²) < 4.78 is 1.52. The molecule has 2 N–H and O–H groups in total. The molecule has 25 heavy (non-hydrogen) atoms. The van der Waals surface area contributed by atoms with Gasteiger partial charge in [0.05, 0.1) is 17.6 Å². The molecule has 7 heteroatoms. The van der Waals surface area contributed by atoms with E-state index in [4.69, 9.17) is 12.2 Å². The number of nitrogens with zero attached hydrogens (tertiary/aromatic N) is 3. The Bertz CT molecular complexity index is 1020. The van der Waals surface area contributed by atoms with Gasteiger partial charge in [-0.3, -0.25) is 24.3 Å². The van der Waals surface area contributed by atoms with E-state index >= 15 is 0 Å². The summed E-state index contributed by atoms with van der Waals surface area (Å²) in [7, 11) is 0. The number of rotatable bonds is 4. The van der Waals surface area contributed by atoms with Gasteiger partial charge in [-0.05, 0) is 48.5 Å². The maximum atomic E-state index is 12.2. The van der Waals surface area contributed by atoms with E-state index in [0.29, 0.717) is 11.4 Å². The van der Waals surface area contributed by atoms with Crippen LogP contribution < -0.4 is 5.56 Å². The second-order valence-corrected chi connectivity index (χ2v) is 5.71. The third-order valence-electron chi connectivity index (χ3n) is 3.71. The number of nitrogens with one attached hydrogen (secondary N) is 1. The molecule has 2 heterocycles. The number of benzene rings is 1. The van der Waals surface area contributed by atoms with Crippen LogP contribution in [0.4, 0.5) is 5.69 Å². The fraction of sp³-hybridized carbons (Fsp3) is 0.111. The lowest BCUT2D eigenvalue weighted by Gasteiger charge is -2.11. The van der Waals surface area contributed by atoms with E-state index in [1.165, 1.54) is 10.8 Å². The molecule has 0 radical (unpaired) electrons. The molecule has 0 bridgehead atoms. The van der Waals surface area contributed by atoms with Gasteiger partial charge in [-0.2, -0.15) is 0 Å². The molecule has 0 saturated carbocycles. The van der Waals surface area contributed by atoms with E-state index in [2.05, 4.69) is 21.9 Å². The highest BCUT2D eigenvalue weighted by molar-refractivity contribution is 7.71. The Morgan fingerprint density at radius 1 is 1.32 bits per heavy atom. The summed E-state index contributed by atoms with van der Waals surface area (Å²) in [6.07, 6.45) is 5.40. The number of aromatic hydroxyl groups is 1. The maximum Gasteiger partial charge on any atom is 0.264 e. The Kier molecular flexibility index (Phi) is 4.85. The van der Waals surface area contributed by atoms with Gasteiger partial charge in [0.25, 0.3) is 5.56 Å². The lowest BCUT2D eigenvalue weighted by Crippen LogP contribution is -2.18. The minimum atomic E-state index is -0.503. The van der Waals surface area contributed by atoms with Gasteiger partial charge in [0.2, 0.25) is 5.88 Å². The van der Waals surface area contributed by atoms with E-state index in [0.717, 1.165) is 12.0 Å². The van der Waals surface area contributed by atoms with Crippen molar-refractivity contribution >= 4 is 24.1 Å². The molecule has 0 aliphatic carbocycles. The fourth-order valence-corrected chi connectivity index (χ4v) is 2.63. The molecular weight excluding hydrogens is 336 g/mol. The van der Waals surface area contributed by atoms with Gasteiger partial charge >= 0.3 is 0 Å². The van der Waals surface area contributed by atoms with Crippen molar-refractivity contribution in [3.63, 3.8) is 0 Å². The highest BCUT2D eigenvalue weighted by Crippen LogP contribution is 2.20. The summed E-state index contributed by atoms with van der Waals surface area (Å²) in [6.45, 7) is 2.06. The van der Waals surface area contributed by atoms with E-state index in [1.54, 1.807) is 24.5 Å². The van der Waals surface area contributed by atoms with Crippen LogP contribution in [0.25, 0.3) is 5.69 Å². The second-order valence-electron chi connectivity index (χ2n) is 5.32. The molecular formula is C18H16N4O2S. The summed E-state index contributed by atoms with van der Waals surface area (Å²) in [5.74, 6) is -0.259. The maximum absolute atomic E-state index is 12.2. The van der Waals surface area contributed by atoms with Crippen molar-refractivity contribution in [2.24, 2.45) is 4.99 Å². The van der Waals surface area contributed by atoms with Gasteiger partial charge in [-0.1, -0.05) is 19.1 Å². The zero-order valence-electron chi connectivity index (χ0n) is 13.5. The first-order valence-corrected chi connectivity index (χ1v) is 8.12. The van der Waals surface area contributed by atoms with Crippen molar-refractivity contribution in [3.8, 4) is 11.6 Å². The van der Waals surface area contributed by atoms with Gasteiger partial charge in [-0.15, -0.1) is 0 Å². The Hall–Kier alpha value is -3.06. The van der Waals surface area contributed by atoms with Crippen LogP contribution in [0.15, 0.2) is 58.6 Å². The van der Waals surface area contributed by atoms with Gasteiger partial charge in [-0.25, -0.2) is 0 Å². The number of aliphatic imine (C=N–C) groups is 1. The van der Waals surface area contributed by atoms with Crippen LogP contribution in [0.3, 0.4) is 0 Å². The Morgan fingerprint density at radius 3 is 2.72 bits per heavy atom. The third-order valence-corrected chi connectivity index (χ3v) is 4.00. The van der Waals surface area contributed by atoms with Crippen LogP contribution in [0.5, 0.6) is 5.88 Å². The van der Waals surface area contributed by atoms with Crippen LogP contribution in [-0.4, -0.2) is 25.9 Å². The van der Waals surface area contributed by atoms with Crippen molar-refractivity contribution in [1.82, 2.24) is 14.5 Å². The largest absolute Gasteiger partial charge is 0.494 e. The molecule has 0 aliphatic heterocycles. The Balaban J connectivity index is 2.10. The number of pyridine rings is 1. The van der Waals surface area contributed by atoms with Gasteiger partial charge < -0.3 is 5.11 Å². The first-order chi connectivity index (χ1) is 12.1. The number of hydrogen-bond donors (Lipinski definition) is 2. The number of aromatic amines is 1. The van der Waals surface area contributed by atoms with Crippen LogP contribution in [0, 0.1) is 4.77 Å². The van der Waals surface area contributed by atoms with Gasteiger partial charge in [0.1, 0.15) is 5.56 Å². The van der Waals surface area contributed by atoms with E-state index < -0.39 is 5.56 Å². The smallest absolute Gasteiger partial charge is 0.264 e. The molecule has 1 aromatic carbocycles. The third kappa shape index (κ3) is 3.56. The summed E-state index contributed by atoms with van der Waals surface area (Å²) in [4.78, 5) is 22.9. The first-order valence-electron chi connectivity index (χ1n) is 7.72. The number of aromatic nitrogens is 3. The Morgan fingerprint density at radius 2 is 2.08 bits per heavy atom. The second kappa shape index (κ2) is 7.23.